The van der Waals surface area contributed by atoms with Crippen LogP contribution in [0, 0.1) is 12.8 Å². The summed E-state index contributed by atoms with van der Waals surface area (Å²) in [6.07, 6.45) is 9.75. The van der Waals surface area contributed by atoms with E-state index in [1.807, 2.05) is 0 Å². The molecule has 0 unspecified atom stereocenters. The number of rotatable bonds is 5. The molecule has 0 N–H and O–H groups in total. The van der Waals surface area contributed by atoms with Gasteiger partial charge in [-0.2, -0.15) is 0 Å². The number of nitrogens with zero attached hydrogens (tertiary/aromatic N) is 3. The van der Waals surface area contributed by atoms with Crippen molar-refractivity contribution in [2.75, 3.05) is 44.2 Å². The molecule has 1 aromatic rings. The Bertz CT molecular complexity index is 647. The van der Waals surface area contributed by atoms with Gasteiger partial charge < -0.3 is 9.80 Å². The summed E-state index contributed by atoms with van der Waals surface area (Å²) in [7, 11) is 0. The second kappa shape index (κ2) is 9.30. The Hall–Kier alpha value is -1.55. The number of aryl methyl sites for hydroxylation is 1. The number of piperidine rings is 1. The summed E-state index contributed by atoms with van der Waals surface area (Å²) in [5.41, 5.74) is 2.75. The predicted molar refractivity (Wildman–Crippen MR) is 116 cm³/mol. The van der Waals surface area contributed by atoms with Crippen LogP contribution >= 0.6 is 0 Å². The van der Waals surface area contributed by atoms with Crippen LogP contribution in [0.5, 0.6) is 0 Å². The fourth-order valence-corrected chi connectivity index (χ4v) is 5.51. The summed E-state index contributed by atoms with van der Waals surface area (Å²) in [5.74, 6) is 1.23. The van der Waals surface area contributed by atoms with Crippen LogP contribution in [-0.2, 0) is 4.79 Å². The van der Waals surface area contributed by atoms with E-state index in [0.29, 0.717) is 11.9 Å². The van der Waals surface area contributed by atoms with E-state index >= 15 is 0 Å². The molecule has 0 aromatic heterocycles. The van der Waals surface area contributed by atoms with Crippen molar-refractivity contribution in [2.45, 2.75) is 64.3 Å². The molecule has 0 bridgehead atoms. The van der Waals surface area contributed by atoms with Gasteiger partial charge in [-0.15, -0.1) is 0 Å². The quantitative estimate of drug-likeness (QED) is 0.767. The number of para-hydroxylation sites is 1. The van der Waals surface area contributed by atoms with E-state index in [-0.39, 0.29) is 0 Å². The highest BCUT2D eigenvalue weighted by Gasteiger charge is 2.30. The maximum Gasteiger partial charge on any atom is 0.222 e. The van der Waals surface area contributed by atoms with Crippen LogP contribution in [0.2, 0.25) is 0 Å². The van der Waals surface area contributed by atoms with E-state index in [1.165, 1.54) is 43.4 Å². The number of anilines is 1. The maximum absolute atomic E-state index is 12.8. The zero-order valence-electron chi connectivity index (χ0n) is 17.6. The maximum atomic E-state index is 12.8. The number of hydrogen-bond acceptors (Lipinski definition) is 3. The summed E-state index contributed by atoms with van der Waals surface area (Å²) in [6.45, 7) is 8.55. The Balaban J connectivity index is 1.25. The summed E-state index contributed by atoms with van der Waals surface area (Å²) in [6, 6.07) is 9.28. The number of carbonyl (C=O) groups is 1. The first-order valence-electron chi connectivity index (χ1n) is 11.5. The third-order valence-electron chi connectivity index (χ3n) is 7.28. The van der Waals surface area contributed by atoms with Gasteiger partial charge in [0.2, 0.25) is 5.91 Å². The summed E-state index contributed by atoms with van der Waals surface area (Å²) in [4.78, 5) is 20.1. The minimum absolute atomic E-state index is 0.412. The number of carbonyl (C=O) groups excluding carboxylic acids is 1. The average Bonchev–Trinajstić information content (AvgIpc) is 3.26. The van der Waals surface area contributed by atoms with Gasteiger partial charge in [0.1, 0.15) is 0 Å². The van der Waals surface area contributed by atoms with Crippen LogP contribution in [-0.4, -0.2) is 61.0 Å². The number of amides is 1. The molecule has 2 heterocycles. The molecule has 0 radical (unpaired) electrons. The van der Waals surface area contributed by atoms with Gasteiger partial charge in [-0.05, 0) is 43.7 Å². The molecule has 1 amide bonds. The van der Waals surface area contributed by atoms with Gasteiger partial charge in [0, 0.05) is 57.4 Å². The minimum atomic E-state index is 0.412. The SMILES string of the molecule is Cc1ccccc1N1CCN([C@@H]2CCCN(C(=O)CCC3CCCC3)C2)CC1. The fourth-order valence-electron chi connectivity index (χ4n) is 5.51. The monoisotopic (exact) mass is 383 g/mol. The summed E-state index contributed by atoms with van der Waals surface area (Å²) < 4.78 is 0. The van der Waals surface area contributed by atoms with Crippen LogP contribution < -0.4 is 4.90 Å². The fraction of sp³-hybridized carbons (Fsp3) is 0.708. The van der Waals surface area contributed by atoms with Crippen molar-refractivity contribution in [1.82, 2.24) is 9.80 Å². The summed E-state index contributed by atoms with van der Waals surface area (Å²) in [5, 5.41) is 0. The third kappa shape index (κ3) is 4.71. The lowest BCUT2D eigenvalue weighted by Gasteiger charge is -2.44. The number of hydrogen-bond donors (Lipinski definition) is 0. The molecular weight excluding hydrogens is 346 g/mol. The van der Waals surface area contributed by atoms with Crippen molar-refractivity contribution in [1.29, 1.82) is 0 Å². The Morgan fingerprint density at radius 3 is 2.46 bits per heavy atom. The van der Waals surface area contributed by atoms with Gasteiger partial charge in [-0.25, -0.2) is 0 Å². The molecular formula is C24H37N3O. The molecule has 4 rings (SSSR count). The van der Waals surface area contributed by atoms with E-state index in [4.69, 9.17) is 0 Å². The predicted octanol–water partition coefficient (Wildman–Crippen LogP) is 4.08. The van der Waals surface area contributed by atoms with Crippen LogP contribution in [0.25, 0.3) is 0 Å². The van der Waals surface area contributed by atoms with E-state index in [1.54, 1.807) is 0 Å². The first kappa shape index (κ1) is 19.8. The van der Waals surface area contributed by atoms with E-state index in [9.17, 15) is 4.79 Å². The van der Waals surface area contributed by atoms with Gasteiger partial charge in [-0.1, -0.05) is 43.9 Å². The molecule has 1 aliphatic carbocycles. The lowest BCUT2D eigenvalue weighted by molar-refractivity contribution is -0.133. The van der Waals surface area contributed by atoms with Crippen molar-refractivity contribution in [3.05, 3.63) is 29.8 Å². The Kier molecular flexibility index (Phi) is 6.56. The van der Waals surface area contributed by atoms with Crippen molar-refractivity contribution < 1.29 is 4.79 Å². The number of likely N-dealkylation sites (tertiary alicyclic amines) is 1. The van der Waals surface area contributed by atoms with Crippen LogP contribution in [0.4, 0.5) is 5.69 Å². The molecule has 1 saturated carbocycles. The van der Waals surface area contributed by atoms with Gasteiger partial charge in [-0.3, -0.25) is 9.69 Å². The molecule has 1 atom stereocenters. The average molecular weight is 384 g/mol. The molecule has 2 aliphatic heterocycles. The van der Waals surface area contributed by atoms with E-state index in [0.717, 1.165) is 64.4 Å². The van der Waals surface area contributed by atoms with Gasteiger partial charge in [0.15, 0.2) is 0 Å². The molecule has 28 heavy (non-hydrogen) atoms. The second-order valence-electron chi connectivity index (χ2n) is 9.13. The first-order chi connectivity index (χ1) is 13.7. The molecule has 4 heteroatoms. The smallest absolute Gasteiger partial charge is 0.222 e. The van der Waals surface area contributed by atoms with Crippen molar-refractivity contribution >= 4 is 11.6 Å². The minimum Gasteiger partial charge on any atom is -0.369 e. The molecule has 0 spiro atoms. The zero-order valence-corrected chi connectivity index (χ0v) is 17.6. The highest BCUT2D eigenvalue weighted by Crippen LogP contribution is 2.29. The molecule has 1 aromatic carbocycles. The summed E-state index contributed by atoms with van der Waals surface area (Å²) >= 11 is 0. The Morgan fingerprint density at radius 1 is 0.964 bits per heavy atom. The van der Waals surface area contributed by atoms with Gasteiger partial charge in [0.25, 0.3) is 0 Å². The Labute approximate surface area is 170 Å². The third-order valence-corrected chi connectivity index (χ3v) is 7.28. The highest BCUT2D eigenvalue weighted by atomic mass is 16.2. The second-order valence-corrected chi connectivity index (χ2v) is 9.13. The van der Waals surface area contributed by atoms with Gasteiger partial charge >= 0.3 is 0 Å². The molecule has 4 nitrogen and oxygen atoms in total. The van der Waals surface area contributed by atoms with Crippen molar-refractivity contribution in [2.24, 2.45) is 5.92 Å². The normalized spacial score (nSPS) is 24.7. The van der Waals surface area contributed by atoms with Crippen LogP contribution in [0.15, 0.2) is 24.3 Å². The lowest BCUT2D eigenvalue weighted by Crippen LogP contribution is -2.56. The van der Waals surface area contributed by atoms with Crippen LogP contribution in [0.1, 0.15) is 56.9 Å². The van der Waals surface area contributed by atoms with E-state index in [2.05, 4.69) is 45.9 Å². The van der Waals surface area contributed by atoms with Crippen molar-refractivity contribution in [3.63, 3.8) is 0 Å². The van der Waals surface area contributed by atoms with E-state index < -0.39 is 0 Å². The zero-order chi connectivity index (χ0) is 19.3. The standard InChI is InChI=1S/C24H37N3O/c1-20-7-2-5-11-23(20)26-17-15-25(16-18-26)22-10-6-14-27(19-22)24(28)13-12-21-8-3-4-9-21/h2,5,7,11,21-22H,3-4,6,8-10,12-19H2,1H3/t22-/m1/s1. The first-order valence-corrected chi connectivity index (χ1v) is 11.5. The number of benzene rings is 1. The topological polar surface area (TPSA) is 26.8 Å². The Morgan fingerprint density at radius 2 is 1.71 bits per heavy atom. The number of piperazine rings is 1. The molecule has 3 aliphatic rings. The lowest BCUT2D eigenvalue weighted by atomic mass is 9.99. The van der Waals surface area contributed by atoms with Crippen molar-refractivity contribution in [3.8, 4) is 0 Å². The highest BCUT2D eigenvalue weighted by molar-refractivity contribution is 5.76. The van der Waals surface area contributed by atoms with Crippen LogP contribution in [0.3, 0.4) is 0 Å². The largest absolute Gasteiger partial charge is 0.369 e. The molecule has 3 fully saturated rings. The molecule has 154 valence electrons. The van der Waals surface area contributed by atoms with Gasteiger partial charge in [0.05, 0.1) is 0 Å². The molecule has 2 saturated heterocycles.